The van der Waals surface area contributed by atoms with Gasteiger partial charge in [-0.15, -0.1) is 0 Å². The zero-order chi connectivity index (χ0) is 26.7. The lowest BCUT2D eigenvalue weighted by molar-refractivity contribution is -0.133. The lowest BCUT2D eigenvalue weighted by atomic mass is 9.93. The van der Waals surface area contributed by atoms with Crippen LogP contribution in [-0.2, 0) is 11.3 Å². The number of rotatable bonds is 6. The van der Waals surface area contributed by atoms with Crippen LogP contribution in [0.15, 0.2) is 30.9 Å². The smallest absolute Gasteiger partial charge is 0.272 e. The summed E-state index contributed by atoms with van der Waals surface area (Å²) >= 11 is 0. The molecule has 1 amide bonds. The van der Waals surface area contributed by atoms with E-state index >= 15 is 0 Å². The number of ether oxygens (including phenoxy) is 2. The Kier molecular flexibility index (Phi) is 5.73. The van der Waals surface area contributed by atoms with Crippen LogP contribution in [0.2, 0.25) is 0 Å². The number of amides is 1. The molecule has 0 radical (unpaired) electrons. The molecular weight excluding hydrogens is 482 g/mol. The number of fused-ring (bicyclic) bond motifs is 1. The number of pyridine rings is 1. The van der Waals surface area contributed by atoms with Gasteiger partial charge in [0.2, 0.25) is 5.88 Å². The Morgan fingerprint density at radius 1 is 1.08 bits per heavy atom. The largest absolute Gasteiger partial charge is 0.480 e. The lowest BCUT2D eigenvalue weighted by Gasteiger charge is -2.37. The molecule has 2 fully saturated rings. The molecule has 38 heavy (non-hydrogen) atoms. The highest BCUT2D eigenvalue weighted by Crippen LogP contribution is 2.46. The first kappa shape index (κ1) is 24.5. The van der Waals surface area contributed by atoms with E-state index in [-0.39, 0.29) is 5.91 Å². The van der Waals surface area contributed by atoms with Crippen LogP contribution in [0.25, 0.3) is 11.4 Å². The van der Waals surface area contributed by atoms with E-state index in [1.807, 2.05) is 18.3 Å². The zero-order valence-corrected chi connectivity index (χ0v) is 22.6. The highest BCUT2D eigenvalue weighted by molar-refractivity contribution is 6.01. The van der Waals surface area contributed by atoms with Crippen molar-refractivity contribution >= 4 is 17.5 Å². The van der Waals surface area contributed by atoms with E-state index in [9.17, 15) is 4.79 Å². The molecule has 10 heteroatoms. The van der Waals surface area contributed by atoms with Crippen molar-refractivity contribution < 1.29 is 14.3 Å². The van der Waals surface area contributed by atoms with Gasteiger partial charge in [0, 0.05) is 25.2 Å². The molecule has 0 bridgehead atoms. The van der Waals surface area contributed by atoms with E-state index in [1.54, 1.807) is 32.1 Å². The molecule has 0 unspecified atom stereocenters. The van der Waals surface area contributed by atoms with Gasteiger partial charge in [0.1, 0.15) is 17.7 Å². The van der Waals surface area contributed by atoms with Gasteiger partial charge in [0.25, 0.3) is 5.91 Å². The first-order valence-electron chi connectivity index (χ1n) is 13.1. The molecule has 0 N–H and O–H groups in total. The Hall–Kier alpha value is -3.82. The maximum Gasteiger partial charge on any atom is 0.272 e. The quantitative estimate of drug-likeness (QED) is 0.478. The molecule has 2 aliphatic heterocycles. The van der Waals surface area contributed by atoms with Crippen LogP contribution in [-0.4, -0.2) is 56.6 Å². The Bertz CT molecular complexity index is 1390. The minimum Gasteiger partial charge on any atom is -0.480 e. The zero-order valence-electron chi connectivity index (χ0n) is 22.6. The number of hydrogen-bond donors (Lipinski definition) is 0. The van der Waals surface area contributed by atoms with Crippen molar-refractivity contribution in [1.82, 2.24) is 24.9 Å². The second-order valence-corrected chi connectivity index (χ2v) is 11.7. The topological polar surface area (TPSA) is 106 Å². The second-order valence-electron chi connectivity index (χ2n) is 11.7. The van der Waals surface area contributed by atoms with Gasteiger partial charge < -0.3 is 14.4 Å². The fraction of sp³-hybridized carbons (Fsp3) is 0.500. The van der Waals surface area contributed by atoms with Crippen molar-refractivity contribution in [1.29, 1.82) is 0 Å². The number of nitrogens with zero attached hydrogens (tertiary/aromatic N) is 7. The molecule has 3 aromatic rings. The van der Waals surface area contributed by atoms with E-state index in [0.29, 0.717) is 46.7 Å². The second kappa shape index (κ2) is 8.89. The van der Waals surface area contributed by atoms with Crippen LogP contribution in [0, 0.1) is 5.41 Å². The van der Waals surface area contributed by atoms with Crippen LogP contribution in [0.1, 0.15) is 64.1 Å². The summed E-state index contributed by atoms with van der Waals surface area (Å²) in [5.74, 6) is 2.81. The predicted molar refractivity (Wildman–Crippen MR) is 142 cm³/mol. The van der Waals surface area contributed by atoms with Gasteiger partial charge in [-0.05, 0) is 50.2 Å². The molecule has 1 saturated heterocycles. The lowest BCUT2D eigenvalue weighted by Crippen LogP contribution is -2.52. The maximum atomic E-state index is 13.6. The minimum absolute atomic E-state index is 0.182. The summed E-state index contributed by atoms with van der Waals surface area (Å²) in [6.07, 6.45) is 8.23. The Labute approximate surface area is 222 Å². The molecule has 198 valence electrons. The monoisotopic (exact) mass is 515 g/mol. The highest BCUT2D eigenvalue weighted by Gasteiger charge is 2.43. The standard InChI is InChI=1S/C28H33N7O3/c1-27(2)10-11-34(15-27)20-9-6-17(12-29-20)14-35-24-19(38-28(3,4)26(35)36)13-30-23(33-24)21-22(18-7-8-18)31-16-32-25(21)37-5/h6,9,12-13,16,18H,7-8,10-11,14-15H2,1-5H3. The van der Waals surface area contributed by atoms with Crippen LogP contribution in [0.3, 0.4) is 0 Å². The summed E-state index contributed by atoms with van der Waals surface area (Å²) in [4.78, 5) is 40.5. The third-order valence-corrected chi connectivity index (χ3v) is 7.49. The van der Waals surface area contributed by atoms with Crippen molar-refractivity contribution in [3.05, 3.63) is 42.1 Å². The number of anilines is 2. The van der Waals surface area contributed by atoms with Crippen molar-refractivity contribution in [2.45, 2.75) is 65.0 Å². The predicted octanol–water partition coefficient (Wildman–Crippen LogP) is 4.16. The van der Waals surface area contributed by atoms with Gasteiger partial charge in [-0.2, -0.15) is 0 Å². The first-order chi connectivity index (χ1) is 18.1. The van der Waals surface area contributed by atoms with E-state index < -0.39 is 5.60 Å². The Morgan fingerprint density at radius 3 is 2.55 bits per heavy atom. The van der Waals surface area contributed by atoms with Gasteiger partial charge in [-0.25, -0.2) is 24.9 Å². The average molecular weight is 516 g/mol. The molecule has 0 spiro atoms. The van der Waals surface area contributed by atoms with Gasteiger partial charge >= 0.3 is 0 Å². The van der Waals surface area contributed by atoms with E-state index in [0.717, 1.165) is 49.4 Å². The van der Waals surface area contributed by atoms with Crippen LogP contribution in [0.5, 0.6) is 11.6 Å². The van der Waals surface area contributed by atoms with Crippen molar-refractivity contribution in [2.24, 2.45) is 5.41 Å². The molecular formula is C28H33N7O3. The molecule has 0 atom stereocenters. The van der Waals surface area contributed by atoms with Crippen LogP contribution < -0.4 is 19.3 Å². The number of carbonyl (C=O) groups excluding carboxylic acids is 1. The van der Waals surface area contributed by atoms with E-state index in [2.05, 4.69) is 33.7 Å². The normalized spacial score (nSPS) is 19.8. The summed E-state index contributed by atoms with van der Waals surface area (Å²) in [6, 6.07) is 4.07. The third-order valence-electron chi connectivity index (χ3n) is 7.49. The van der Waals surface area contributed by atoms with Gasteiger partial charge in [0.15, 0.2) is 23.0 Å². The van der Waals surface area contributed by atoms with Gasteiger partial charge in [-0.1, -0.05) is 19.9 Å². The first-order valence-corrected chi connectivity index (χ1v) is 13.1. The molecule has 10 nitrogen and oxygen atoms in total. The number of methoxy groups -OCH3 is 1. The molecule has 1 aliphatic carbocycles. The van der Waals surface area contributed by atoms with E-state index in [4.69, 9.17) is 19.4 Å². The van der Waals surface area contributed by atoms with Gasteiger partial charge in [0.05, 0.1) is 25.5 Å². The molecule has 0 aromatic carbocycles. The summed E-state index contributed by atoms with van der Waals surface area (Å²) < 4.78 is 11.6. The minimum atomic E-state index is -1.06. The average Bonchev–Trinajstić information content (AvgIpc) is 3.68. The fourth-order valence-corrected chi connectivity index (χ4v) is 5.24. The fourth-order valence-electron chi connectivity index (χ4n) is 5.24. The molecule has 3 aromatic heterocycles. The Balaban J connectivity index is 1.35. The van der Waals surface area contributed by atoms with Crippen molar-refractivity contribution in [2.75, 3.05) is 30.0 Å². The highest BCUT2D eigenvalue weighted by atomic mass is 16.5. The van der Waals surface area contributed by atoms with Crippen molar-refractivity contribution in [3.8, 4) is 23.0 Å². The molecule has 3 aliphatic rings. The number of carbonyl (C=O) groups is 1. The van der Waals surface area contributed by atoms with Crippen LogP contribution in [0.4, 0.5) is 11.6 Å². The summed E-state index contributed by atoms with van der Waals surface area (Å²) in [5, 5.41) is 0. The maximum absolute atomic E-state index is 13.6. The van der Waals surface area contributed by atoms with E-state index in [1.165, 1.54) is 6.33 Å². The summed E-state index contributed by atoms with van der Waals surface area (Å²) in [6.45, 7) is 10.4. The van der Waals surface area contributed by atoms with Crippen molar-refractivity contribution in [3.63, 3.8) is 0 Å². The summed E-state index contributed by atoms with van der Waals surface area (Å²) in [7, 11) is 1.57. The molecule has 5 heterocycles. The SMILES string of the molecule is COc1ncnc(C2CC2)c1-c1ncc2c(n1)N(Cc1ccc(N3CCC(C)(C)C3)nc1)C(=O)C(C)(C)O2. The Morgan fingerprint density at radius 2 is 1.89 bits per heavy atom. The summed E-state index contributed by atoms with van der Waals surface area (Å²) in [5.41, 5.74) is 1.68. The van der Waals surface area contributed by atoms with Crippen LogP contribution >= 0.6 is 0 Å². The number of aromatic nitrogens is 5. The molecule has 1 saturated carbocycles. The molecule has 6 rings (SSSR count). The number of hydrogen-bond acceptors (Lipinski definition) is 9. The third kappa shape index (κ3) is 4.41. The van der Waals surface area contributed by atoms with Gasteiger partial charge in [-0.3, -0.25) is 9.69 Å².